The molecule has 0 aliphatic carbocycles. The summed E-state index contributed by atoms with van der Waals surface area (Å²) in [5.74, 6) is 1.89. The number of carbonyl (C=O) groups excluding carboxylic acids is 1. The molecule has 6 heteroatoms. The smallest absolute Gasteiger partial charge is 0.326 e. The second-order valence-electron chi connectivity index (χ2n) is 6.01. The van der Waals surface area contributed by atoms with Crippen molar-refractivity contribution < 1.29 is 19.0 Å². The number of hydrogen-bond acceptors (Lipinski definition) is 4. The fourth-order valence-corrected chi connectivity index (χ4v) is 2.84. The fraction of sp³-hybridized carbons (Fsp3) is 0.316. The Bertz CT molecular complexity index is 791. The van der Waals surface area contributed by atoms with Crippen LogP contribution in [0.1, 0.15) is 12.5 Å². The van der Waals surface area contributed by atoms with Gasteiger partial charge in [0.25, 0.3) is 0 Å². The Labute approximate surface area is 147 Å². The van der Waals surface area contributed by atoms with Crippen molar-refractivity contribution in [2.24, 2.45) is 0 Å². The van der Waals surface area contributed by atoms with Crippen LogP contribution in [-0.2, 0) is 0 Å². The van der Waals surface area contributed by atoms with Crippen LogP contribution in [0.5, 0.6) is 17.2 Å². The molecule has 2 aromatic rings. The molecule has 0 saturated heterocycles. The number of aryl methyl sites for hydroxylation is 1. The molecule has 0 saturated carbocycles. The SMILES string of the molecule is COc1ccc(NC(=O)N2C[C@H](C)Oc3ccc(C)cc32)cc1OC. The third-order valence-electron chi connectivity index (χ3n) is 4.05. The molecule has 2 amide bonds. The van der Waals surface area contributed by atoms with Gasteiger partial charge in [-0.05, 0) is 43.7 Å². The van der Waals surface area contributed by atoms with Crippen LogP contribution in [0.4, 0.5) is 16.2 Å². The second kappa shape index (κ2) is 6.93. The van der Waals surface area contributed by atoms with E-state index in [0.717, 1.165) is 11.3 Å². The number of methoxy groups -OCH3 is 2. The number of amides is 2. The molecule has 0 aromatic heterocycles. The molecule has 0 radical (unpaired) electrons. The van der Waals surface area contributed by atoms with Crippen molar-refractivity contribution in [1.82, 2.24) is 0 Å². The lowest BCUT2D eigenvalue weighted by Gasteiger charge is -2.33. The molecule has 0 spiro atoms. The summed E-state index contributed by atoms with van der Waals surface area (Å²) >= 11 is 0. The average Bonchev–Trinajstić information content (AvgIpc) is 2.61. The number of hydrogen-bond donors (Lipinski definition) is 1. The number of fused-ring (bicyclic) bond motifs is 1. The summed E-state index contributed by atoms with van der Waals surface area (Å²) in [6.07, 6.45) is -0.0774. The summed E-state index contributed by atoms with van der Waals surface area (Å²) in [6, 6.07) is 10.9. The molecule has 132 valence electrons. The zero-order chi connectivity index (χ0) is 18.0. The summed E-state index contributed by atoms with van der Waals surface area (Å²) in [4.78, 5) is 14.5. The molecule has 25 heavy (non-hydrogen) atoms. The third kappa shape index (κ3) is 3.47. The Morgan fingerprint density at radius 2 is 1.92 bits per heavy atom. The van der Waals surface area contributed by atoms with E-state index >= 15 is 0 Å². The zero-order valence-corrected chi connectivity index (χ0v) is 14.8. The van der Waals surface area contributed by atoms with Crippen molar-refractivity contribution in [2.75, 3.05) is 31.0 Å². The standard InChI is InChI=1S/C19H22N2O4/c1-12-5-7-16-15(9-12)21(11-13(2)25-16)19(22)20-14-6-8-17(23-3)18(10-14)24-4/h5-10,13H,11H2,1-4H3,(H,20,22)/t13-/m0/s1. The summed E-state index contributed by atoms with van der Waals surface area (Å²) in [5, 5.41) is 2.91. The average molecular weight is 342 g/mol. The lowest BCUT2D eigenvalue weighted by atomic mass is 10.1. The van der Waals surface area contributed by atoms with Gasteiger partial charge in [0, 0.05) is 11.8 Å². The normalized spacial score (nSPS) is 15.8. The van der Waals surface area contributed by atoms with Crippen LogP contribution >= 0.6 is 0 Å². The quantitative estimate of drug-likeness (QED) is 0.921. The van der Waals surface area contributed by atoms with E-state index in [4.69, 9.17) is 14.2 Å². The van der Waals surface area contributed by atoms with Crippen LogP contribution in [0.2, 0.25) is 0 Å². The number of ether oxygens (including phenoxy) is 3. The van der Waals surface area contributed by atoms with Crippen LogP contribution in [-0.4, -0.2) is 32.9 Å². The Morgan fingerprint density at radius 1 is 1.16 bits per heavy atom. The minimum Gasteiger partial charge on any atom is -0.493 e. The monoisotopic (exact) mass is 342 g/mol. The highest BCUT2D eigenvalue weighted by atomic mass is 16.5. The molecule has 1 heterocycles. The molecular weight excluding hydrogens is 320 g/mol. The first-order chi connectivity index (χ1) is 12.0. The largest absolute Gasteiger partial charge is 0.493 e. The summed E-state index contributed by atoms with van der Waals surface area (Å²) in [5.41, 5.74) is 2.48. The van der Waals surface area contributed by atoms with Crippen LogP contribution in [0.15, 0.2) is 36.4 Å². The predicted octanol–water partition coefficient (Wildman–Crippen LogP) is 3.83. The van der Waals surface area contributed by atoms with E-state index in [-0.39, 0.29) is 12.1 Å². The molecule has 0 fully saturated rings. The molecule has 1 aliphatic heterocycles. The topological polar surface area (TPSA) is 60.0 Å². The van der Waals surface area contributed by atoms with Gasteiger partial charge in [0.05, 0.1) is 26.5 Å². The number of benzene rings is 2. The van der Waals surface area contributed by atoms with Gasteiger partial charge in [-0.15, -0.1) is 0 Å². The third-order valence-corrected chi connectivity index (χ3v) is 4.05. The summed E-state index contributed by atoms with van der Waals surface area (Å²) in [7, 11) is 3.14. The molecule has 3 rings (SSSR count). The van der Waals surface area contributed by atoms with E-state index in [1.54, 1.807) is 37.3 Å². The number of urea groups is 1. The van der Waals surface area contributed by atoms with Crippen molar-refractivity contribution in [3.8, 4) is 17.2 Å². The van der Waals surface area contributed by atoms with E-state index in [1.165, 1.54) is 0 Å². The molecule has 2 aromatic carbocycles. The highest BCUT2D eigenvalue weighted by molar-refractivity contribution is 6.03. The van der Waals surface area contributed by atoms with Crippen LogP contribution < -0.4 is 24.4 Å². The van der Waals surface area contributed by atoms with Gasteiger partial charge in [0.2, 0.25) is 0 Å². The highest BCUT2D eigenvalue weighted by Gasteiger charge is 2.28. The first-order valence-electron chi connectivity index (χ1n) is 8.09. The van der Waals surface area contributed by atoms with Crippen molar-refractivity contribution in [3.05, 3.63) is 42.0 Å². The summed E-state index contributed by atoms with van der Waals surface area (Å²) in [6.45, 7) is 4.41. The predicted molar refractivity (Wildman–Crippen MR) is 97.2 cm³/mol. The van der Waals surface area contributed by atoms with Gasteiger partial charge in [-0.3, -0.25) is 4.90 Å². The zero-order valence-electron chi connectivity index (χ0n) is 14.8. The van der Waals surface area contributed by atoms with Gasteiger partial charge in [-0.2, -0.15) is 0 Å². The summed E-state index contributed by atoms with van der Waals surface area (Å²) < 4.78 is 16.3. The molecular formula is C19H22N2O4. The van der Waals surface area contributed by atoms with Gasteiger partial charge in [0.15, 0.2) is 11.5 Å². The Balaban J connectivity index is 1.86. The number of carbonyl (C=O) groups is 1. The minimum absolute atomic E-state index is 0.0774. The van der Waals surface area contributed by atoms with E-state index in [9.17, 15) is 4.79 Å². The molecule has 0 unspecified atom stereocenters. The maximum atomic E-state index is 12.8. The van der Waals surface area contributed by atoms with Crippen molar-refractivity contribution in [3.63, 3.8) is 0 Å². The van der Waals surface area contributed by atoms with Crippen molar-refractivity contribution in [2.45, 2.75) is 20.0 Å². The number of rotatable bonds is 3. The first kappa shape index (κ1) is 17.0. The van der Waals surface area contributed by atoms with E-state index in [2.05, 4.69) is 5.32 Å². The maximum absolute atomic E-state index is 12.8. The molecule has 0 bridgehead atoms. The number of nitrogens with zero attached hydrogens (tertiary/aromatic N) is 1. The molecule has 1 aliphatic rings. The van der Waals surface area contributed by atoms with Crippen LogP contribution in [0, 0.1) is 6.92 Å². The van der Waals surface area contributed by atoms with Gasteiger partial charge in [-0.25, -0.2) is 4.79 Å². The lowest BCUT2D eigenvalue weighted by molar-refractivity contribution is 0.208. The van der Waals surface area contributed by atoms with E-state index in [1.807, 2.05) is 32.0 Å². The Morgan fingerprint density at radius 3 is 2.64 bits per heavy atom. The fourth-order valence-electron chi connectivity index (χ4n) is 2.84. The highest BCUT2D eigenvalue weighted by Crippen LogP contribution is 2.35. The van der Waals surface area contributed by atoms with Gasteiger partial charge in [0.1, 0.15) is 11.9 Å². The minimum atomic E-state index is -0.214. The lowest BCUT2D eigenvalue weighted by Crippen LogP contribution is -2.44. The van der Waals surface area contributed by atoms with Gasteiger partial charge >= 0.3 is 6.03 Å². The maximum Gasteiger partial charge on any atom is 0.326 e. The Kier molecular flexibility index (Phi) is 4.70. The number of nitrogens with one attached hydrogen (secondary N) is 1. The molecule has 1 N–H and O–H groups in total. The molecule has 1 atom stereocenters. The first-order valence-corrected chi connectivity index (χ1v) is 8.09. The molecule has 6 nitrogen and oxygen atoms in total. The second-order valence-corrected chi connectivity index (χ2v) is 6.01. The van der Waals surface area contributed by atoms with E-state index < -0.39 is 0 Å². The van der Waals surface area contributed by atoms with Crippen molar-refractivity contribution >= 4 is 17.4 Å². The van der Waals surface area contributed by atoms with Crippen LogP contribution in [0.25, 0.3) is 0 Å². The van der Waals surface area contributed by atoms with Crippen molar-refractivity contribution in [1.29, 1.82) is 0 Å². The van der Waals surface area contributed by atoms with Gasteiger partial charge in [-0.1, -0.05) is 6.07 Å². The number of anilines is 2. The van der Waals surface area contributed by atoms with E-state index in [0.29, 0.717) is 29.5 Å². The van der Waals surface area contributed by atoms with Gasteiger partial charge < -0.3 is 19.5 Å². The van der Waals surface area contributed by atoms with Crippen LogP contribution in [0.3, 0.4) is 0 Å². The Hall–Kier alpha value is -2.89.